The third-order valence-electron chi connectivity index (χ3n) is 3.69. The topological polar surface area (TPSA) is 45.2 Å². The molecule has 0 saturated heterocycles. The molecule has 4 heteroatoms. The van der Waals surface area contributed by atoms with Gasteiger partial charge >= 0.3 is 0 Å². The largest absolute Gasteiger partial charge is 0.354 e. The maximum Gasteiger partial charge on any atom is 0.255 e. The monoisotopic (exact) mass is 311 g/mol. The van der Waals surface area contributed by atoms with Crippen LogP contribution in [0.1, 0.15) is 41.3 Å². The van der Waals surface area contributed by atoms with E-state index in [4.69, 9.17) is 0 Å². The predicted octanol–water partition coefficient (Wildman–Crippen LogP) is 4.31. The second kappa shape index (κ2) is 7.77. The summed E-state index contributed by atoms with van der Waals surface area (Å²) in [6.45, 7) is 7.02. The standard InChI is InChI=1S/C19H25N3O/c1-5-6-7-22(4)19(23)16-11-18(13-20-12-16)21-17-9-14(2)8-15(3)10-17/h8-13,21H,5-7H2,1-4H3. The second-order valence-electron chi connectivity index (χ2n) is 6.04. The van der Waals surface area contributed by atoms with Crippen LogP contribution < -0.4 is 5.32 Å². The Morgan fingerprint density at radius 2 is 1.78 bits per heavy atom. The van der Waals surface area contributed by atoms with Gasteiger partial charge in [0.1, 0.15) is 0 Å². The van der Waals surface area contributed by atoms with Crippen molar-refractivity contribution < 1.29 is 4.79 Å². The SMILES string of the molecule is CCCCN(C)C(=O)c1cncc(Nc2cc(C)cc(C)c2)c1. The number of nitrogens with zero attached hydrogens (tertiary/aromatic N) is 2. The summed E-state index contributed by atoms with van der Waals surface area (Å²) in [7, 11) is 1.84. The molecule has 1 amide bonds. The highest BCUT2D eigenvalue weighted by Gasteiger charge is 2.12. The van der Waals surface area contributed by atoms with Crippen LogP contribution in [0.2, 0.25) is 0 Å². The predicted molar refractivity (Wildman–Crippen MR) is 95.3 cm³/mol. The molecule has 2 rings (SSSR count). The molecule has 1 heterocycles. The molecule has 2 aromatic rings. The van der Waals surface area contributed by atoms with Gasteiger partial charge < -0.3 is 10.2 Å². The summed E-state index contributed by atoms with van der Waals surface area (Å²) in [6, 6.07) is 8.14. The zero-order valence-electron chi connectivity index (χ0n) is 14.4. The molecule has 0 fully saturated rings. The van der Waals surface area contributed by atoms with Gasteiger partial charge in [-0.05, 0) is 49.6 Å². The maximum atomic E-state index is 12.4. The van der Waals surface area contributed by atoms with Gasteiger partial charge in [0.2, 0.25) is 0 Å². The van der Waals surface area contributed by atoms with Crippen LogP contribution in [0.5, 0.6) is 0 Å². The van der Waals surface area contributed by atoms with Gasteiger partial charge in [0.25, 0.3) is 5.91 Å². The molecule has 23 heavy (non-hydrogen) atoms. The van der Waals surface area contributed by atoms with Crippen molar-refractivity contribution in [3.63, 3.8) is 0 Å². The van der Waals surface area contributed by atoms with Crippen molar-refractivity contribution in [2.45, 2.75) is 33.6 Å². The van der Waals surface area contributed by atoms with Gasteiger partial charge in [0.05, 0.1) is 17.4 Å². The molecular weight excluding hydrogens is 286 g/mol. The fraction of sp³-hybridized carbons (Fsp3) is 0.368. The number of hydrogen-bond donors (Lipinski definition) is 1. The Balaban J connectivity index is 2.14. The average Bonchev–Trinajstić information content (AvgIpc) is 2.51. The number of carbonyl (C=O) groups is 1. The molecule has 0 spiro atoms. The van der Waals surface area contributed by atoms with Crippen LogP contribution in [-0.2, 0) is 0 Å². The first-order chi connectivity index (χ1) is 11.0. The van der Waals surface area contributed by atoms with Crippen LogP contribution in [0.4, 0.5) is 11.4 Å². The lowest BCUT2D eigenvalue weighted by molar-refractivity contribution is 0.0793. The number of rotatable bonds is 6. The molecule has 0 aliphatic heterocycles. The lowest BCUT2D eigenvalue weighted by Crippen LogP contribution is -2.27. The molecule has 4 nitrogen and oxygen atoms in total. The first kappa shape index (κ1) is 17.0. The highest BCUT2D eigenvalue weighted by Crippen LogP contribution is 2.20. The van der Waals surface area contributed by atoms with E-state index in [1.807, 2.05) is 13.1 Å². The van der Waals surface area contributed by atoms with Crippen molar-refractivity contribution in [1.29, 1.82) is 0 Å². The number of aromatic nitrogens is 1. The zero-order valence-corrected chi connectivity index (χ0v) is 14.4. The minimum atomic E-state index is 0.00928. The van der Waals surface area contributed by atoms with E-state index in [0.29, 0.717) is 5.56 Å². The van der Waals surface area contributed by atoms with Crippen LogP contribution in [0.25, 0.3) is 0 Å². The van der Waals surface area contributed by atoms with Crippen molar-refractivity contribution in [2.24, 2.45) is 0 Å². The number of hydrogen-bond acceptors (Lipinski definition) is 3. The van der Waals surface area contributed by atoms with Gasteiger partial charge in [-0.3, -0.25) is 9.78 Å². The molecule has 0 atom stereocenters. The van der Waals surface area contributed by atoms with E-state index < -0.39 is 0 Å². The fourth-order valence-corrected chi connectivity index (χ4v) is 2.56. The van der Waals surface area contributed by atoms with Gasteiger partial charge in [0.15, 0.2) is 0 Å². The van der Waals surface area contributed by atoms with Crippen LogP contribution in [-0.4, -0.2) is 29.4 Å². The molecule has 122 valence electrons. The molecule has 0 bridgehead atoms. The number of unbranched alkanes of at least 4 members (excludes halogenated alkanes) is 1. The molecule has 1 aromatic heterocycles. The molecule has 0 saturated carbocycles. The van der Waals surface area contributed by atoms with Crippen molar-refractivity contribution >= 4 is 17.3 Å². The van der Waals surface area contributed by atoms with E-state index >= 15 is 0 Å². The number of anilines is 2. The van der Waals surface area contributed by atoms with Gasteiger partial charge in [-0.15, -0.1) is 0 Å². The van der Waals surface area contributed by atoms with E-state index in [-0.39, 0.29) is 5.91 Å². The Kier molecular flexibility index (Phi) is 5.74. The number of benzene rings is 1. The van der Waals surface area contributed by atoms with Crippen LogP contribution in [0, 0.1) is 13.8 Å². The minimum Gasteiger partial charge on any atom is -0.354 e. The molecule has 0 unspecified atom stereocenters. The van der Waals surface area contributed by atoms with Crippen molar-refractivity contribution in [3.8, 4) is 0 Å². The molecule has 1 aromatic carbocycles. The van der Waals surface area contributed by atoms with Crippen LogP contribution in [0.15, 0.2) is 36.7 Å². The quantitative estimate of drug-likeness (QED) is 0.864. The smallest absolute Gasteiger partial charge is 0.255 e. The average molecular weight is 311 g/mol. The van der Waals surface area contributed by atoms with E-state index in [0.717, 1.165) is 30.8 Å². The Morgan fingerprint density at radius 1 is 1.09 bits per heavy atom. The number of aryl methyl sites for hydroxylation is 2. The highest BCUT2D eigenvalue weighted by atomic mass is 16.2. The summed E-state index contributed by atoms with van der Waals surface area (Å²) in [6.07, 6.45) is 5.44. The Hall–Kier alpha value is -2.36. The Labute approximate surface area is 138 Å². The van der Waals surface area contributed by atoms with Gasteiger partial charge in [0, 0.05) is 25.5 Å². The summed E-state index contributed by atoms with van der Waals surface area (Å²) < 4.78 is 0. The first-order valence-corrected chi connectivity index (χ1v) is 8.05. The van der Waals surface area contributed by atoms with E-state index in [1.165, 1.54) is 11.1 Å². The van der Waals surface area contributed by atoms with Crippen LogP contribution in [0.3, 0.4) is 0 Å². The van der Waals surface area contributed by atoms with E-state index in [1.54, 1.807) is 17.3 Å². The third-order valence-corrected chi connectivity index (χ3v) is 3.69. The van der Waals surface area contributed by atoms with E-state index in [2.05, 4.69) is 49.3 Å². The molecule has 0 radical (unpaired) electrons. The highest BCUT2D eigenvalue weighted by molar-refractivity contribution is 5.94. The molecule has 1 N–H and O–H groups in total. The fourth-order valence-electron chi connectivity index (χ4n) is 2.56. The third kappa shape index (κ3) is 4.81. The first-order valence-electron chi connectivity index (χ1n) is 8.05. The van der Waals surface area contributed by atoms with Gasteiger partial charge in [-0.2, -0.15) is 0 Å². The number of nitrogens with one attached hydrogen (secondary N) is 1. The Bertz CT molecular complexity index is 662. The van der Waals surface area contributed by atoms with Crippen molar-refractivity contribution in [1.82, 2.24) is 9.88 Å². The number of carbonyl (C=O) groups excluding carboxylic acids is 1. The molecule has 0 aliphatic carbocycles. The van der Waals surface area contributed by atoms with Crippen molar-refractivity contribution in [3.05, 3.63) is 53.3 Å². The number of pyridine rings is 1. The number of amides is 1. The van der Waals surface area contributed by atoms with Gasteiger partial charge in [-0.25, -0.2) is 0 Å². The van der Waals surface area contributed by atoms with Crippen molar-refractivity contribution in [2.75, 3.05) is 18.9 Å². The second-order valence-corrected chi connectivity index (χ2v) is 6.04. The minimum absolute atomic E-state index is 0.00928. The Morgan fingerprint density at radius 3 is 2.43 bits per heavy atom. The summed E-state index contributed by atoms with van der Waals surface area (Å²) in [4.78, 5) is 18.4. The zero-order chi connectivity index (χ0) is 16.8. The normalized spacial score (nSPS) is 10.4. The summed E-state index contributed by atoms with van der Waals surface area (Å²) in [5, 5.41) is 3.33. The lowest BCUT2D eigenvalue weighted by atomic mass is 10.1. The molecule has 0 aliphatic rings. The summed E-state index contributed by atoms with van der Waals surface area (Å²) in [5.74, 6) is 0.00928. The maximum absolute atomic E-state index is 12.4. The van der Waals surface area contributed by atoms with E-state index in [9.17, 15) is 4.79 Å². The summed E-state index contributed by atoms with van der Waals surface area (Å²) in [5.41, 5.74) is 4.84. The van der Waals surface area contributed by atoms with Crippen LogP contribution >= 0.6 is 0 Å². The lowest BCUT2D eigenvalue weighted by Gasteiger charge is -2.17. The van der Waals surface area contributed by atoms with Gasteiger partial charge in [-0.1, -0.05) is 19.4 Å². The molecular formula is C19H25N3O. The summed E-state index contributed by atoms with van der Waals surface area (Å²) >= 11 is 0.